The molecular formula is C28H44O2. The van der Waals surface area contributed by atoms with Gasteiger partial charge in [0.2, 0.25) is 0 Å². The number of carbonyl (C=O) groups is 1. The molecule has 2 fully saturated rings. The quantitative estimate of drug-likeness (QED) is 0.456. The molecule has 2 nitrogen and oxygen atoms in total. The maximum absolute atomic E-state index is 13.5. The van der Waals surface area contributed by atoms with E-state index in [2.05, 4.69) is 40.7 Å². The lowest BCUT2D eigenvalue weighted by Crippen LogP contribution is -2.52. The maximum Gasteiger partial charge on any atom is 0.159 e. The van der Waals surface area contributed by atoms with Crippen molar-refractivity contribution in [1.82, 2.24) is 0 Å². The fourth-order valence-corrected chi connectivity index (χ4v) is 8.23. The number of rotatable bonds is 6. The van der Waals surface area contributed by atoms with Crippen molar-refractivity contribution in [2.45, 2.75) is 92.4 Å². The van der Waals surface area contributed by atoms with E-state index in [0.717, 1.165) is 36.4 Å². The number of fused-ring (bicyclic) bond motifs is 5. The standard InChI is InChI=1S/C28H44O2/c1-18(2)8-7-9-19(3)22-10-11-23-26-24(13-15-28(22,23)5)27(4)14-12-21(30-6)16-20(27)17-25(26)29/h16-19,22-24,26H,7-15H2,1-6H3/t19-,22?,23?,24?,26?,27?,28?/m1/s1. The van der Waals surface area contributed by atoms with Crippen LogP contribution in [0, 0.1) is 46.3 Å². The van der Waals surface area contributed by atoms with Crippen molar-refractivity contribution in [3.05, 3.63) is 23.5 Å². The van der Waals surface area contributed by atoms with Gasteiger partial charge < -0.3 is 4.74 Å². The van der Waals surface area contributed by atoms with Gasteiger partial charge in [-0.15, -0.1) is 0 Å². The van der Waals surface area contributed by atoms with Gasteiger partial charge in [0.05, 0.1) is 12.9 Å². The summed E-state index contributed by atoms with van der Waals surface area (Å²) in [5, 5.41) is 0. The Kier molecular flexibility index (Phi) is 6.01. The second kappa shape index (κ2) is 8.14. The molecule has 168 valence electrons. The van der Waals surface area contributed by atoms with Crippen molar-refractivity contribution >= 4 is 5.78 Å². The zero-order valence-corrected chi connectivity index (χ0v) is 20.3. The molecule has 0 aromatic heterocycles. The Balaban J connectivity index is 1.56. The molecule has 2 heteroatoms. The first kappa shape index (κ1) is 22.2. The van der Waals surface area contributed by atoms with Crippen molar-refractivity contribution in [1.29, 1.82) is 0 Å². The van der Waals surface area contributed by atoms with Crippen molar-refractivity contribution in [3.63, 3.8) is 0 Å². The zero-order valence-electron chi connectivity index (χ0n) is 20.3. The van der Waals surface area contributed by atoms with Crippen LogP contribution in [0.3, 0.4) is 0 Å². The molecule has 0 aromatic rings. The predicted molar refractivity (Wildman–Crippen MR) is 124 cm³/mol. The Bertz CT molecular complexity index is 731. The van der Waals surface area contributed by atoms with E-state index in [9.17, 15) is 4.79 Å². The summed E-state index contributed by atoms with van der Waals surface area (Å²) in [7, 11) is 1.76. The van der Waals surface area contributed by atoms with Crippen LogP contribution in [0.1, 0.15) is 92.4 Å². The normalized spacial score (nSPS) is 41.5. The van der Waals surface area contributed by atoms with Crippen molar-refractivity contribution < 1.29 is 9.53 Å². The Morgan fingerprint density at radius 1 is 1.03 bits per heavy atom. The van der Waals surface area contributed by atoms with E-state index in [1.807, 2.05) is 6.08 Å². The Labute approximate surface area is 184 Å². The van der Waals surface area contributed by atoms with Crippen molar-refractivity contribution in [2.75, 3.05) is 7.11 Å². The Morgan fingerprint density at radius 2 is 1.80 bits per heavy atom. The van der Waals surface area contributed by atoms with Crippen LogP contribution in [0.2, 0.25) is 0 Å². The highest BCUT2D eigenvalue weighted by atomic mass is 16.5. The summed E-state index contributed by atoms with van der Waals surface area (Å²) in [6, 6.07) is 0. The number of carbonyl (C=O) groups excluding carboxylic acids is 1. The summed E-state index contributed by atoms with van der Waals surface area (Å²) < 4.78 is 5.54. The van der Waals surface area contributed by atoms with Gasteiger partial charge in [-0.1, -0.05) is 53.9 Å². The van der Waals surface area contributed by atoms with E-state index in [4.69, 9.17) is 4.74 Å². The lowest BCUT2D eigenvalue weighted by atomic mass is 9.47. The highest BCUT2D eigenvalue weighted by Gasteiger charge is 2.60. The van der Waals surface area contributed by atoms with E-state index in [0.29, 0.717) is 23.0 Å². The summed E-state index contributed by atoms with van der Waals surface area (Å²) >= 11 is 0. The van der Waals surface area contributed by atoms with Gasteiger partial charge >= 0.3 is 0 Å². The second-order valence-electron chi connectivity index (χ2n) is 12.0. The summed E-state index contributed by atoms with van der Waals surface area (Å²) in [6.45, 7) is 12.2. The fraction of sp³-hybridized carbons (Fsp3) is 0.821. The van der Waals surface area contributed by atoms with E-state index >= 15 is 0 Å². The fourth-order valence-electron chi connectivity index (χ4n) is 8.23. The van der Waals surface area contributed by atoms with E-state index < -0.39 is 0 Å². The number of allylic oxidation sites excluding steroid dienone is 4. The molecule has 2 saturated carbocycles. The lowest BCUT2D eigenvalue weighted by molar-refractivity contribution is -0.133. The molecule has 0 aromatic carbocycles. The lowest BCUT2D eigenvalue weighted by Gasteiger charge is -2.56. The first-order valence-corrected chi connectivity index (χ1v) is 12.7. The largest absolute Gasteiger partial charge is 0.501 e. The summed E-state index contributed by atoms with van der Waals surface area (Å²) in [4.78, 5) is 13.5. The first-order valence-electron chi connectivity index (χ1n) is 12.7. The van der Waals surface area contributed by atoms with Gasteiger partial charge in [-0.25, -0.2) is 0 Å². The van der Waals surface area contributed by atoms with Crippen LogP contribution in [0.25, 0.3) is 0 Å². The highest BCUT2D eigenvalue weighted by molar-refractivity contribution is 5.95. The Hall–Kier alpha value is -1.05. The molecule has 0 spiro atoms. The van der Waals surface area contributed by atoms with Crippen LogP contribution in [-0.4, -0.2) is 12.9 Å². The number of methoxy groups -OCH3 is 1. The van der Waals surface area contributed by atoms with Crippen LogP contribution in [-0.2, 0) is 9.53 Å². The summed E-state index contributed by atoms with van der Waals surface area (Å²) in [5.41, 5.74) is 1.76. The molecule has 0 radical (unpaired) electrons. The monoisotopic (exact) mass is 412 g/mol. The molecule has 4 aliphatic rings. The third-order valence-electron chi connectivity index (χ3n) is 10.0. The van der Waals surface area contributed by atoms with Gasteiger partial charge in [-0.2, -0.15) is 0 Å². The molecule has 0 N–H and O–H groups in total. The minimum atomic E-state index is 0.156. The molecule has 0 aliphatic heterocycles. The molecule has 6 unspecified atom stereocenters. The number of hydrogen-bond acceptors (Lipinski definition) is 2. The van der Waals surface area contributed by atoms with Gasteiger partial charge in [-0.05, 0) is 90.2 Å². The minimum Gasteiger partial charge on any atom is -0.501 e. The molecule has 7 atom stereocenters. The topological polar surface area (TPSA) is 26.3 Å². The molecule has 0 heterocycles. The third kappa shape index (κ3) is 3.51. The summed E-state index contributed by atoms with van der Waals surface area (Å²) in [6.07, 6.45) is 15.6. The molecular weight excluding hydrogens is 368 g/mol. The van der Waals surface area contributed by atoms with Gasteiger partial charge in [0.15, 0.2) is 5.78 Å². The van der Waals surface area contributed by atoms with Crippen LogP contribution in [0.4, 0.5) is 0 Å². The van der Waals surface area contributed by atoms with Gasteiger partial charge in [-0.3, -0.25) is 4.79 Å². The van der Waals surface area contributed by atoms with Crippen LogP contribution in [0.15, 0.2) is 23.5 Å². The molecule has 0 bridgehead atoms. The molecule has 0 amide bonds. The summed E-state index contributed by atoms with van der Waals surface area (Å²) in [5.74, 6) is 5.22. The van der Waals surface area contributed by atoms with Crippen molar-refractivity contribution in [2.24, 2.45) is 46.3 Å². The van der Waals surface area contributed by atoms with Crippen LogP contribution in [0.5, 0.6) is 0 Å². The second-order valence-corrected chi connectivity index (χ2v) is 12.0. The SMILES string of the molecule is COC1=CC2=CC(=O)C3C(CCC4(C)C3CCC4[C@H](C)CCCC(C)C)C2(C)CC1. The number of ether oxygens (including phenoxy) is 1. The van der Waals surface area contributed by atoms with Gasteiger partial charge in [0.25, 0.3) is 0 Å². The molecule has 0 saturated heterocycles. The molecule has 4 rings (SSSR count). The predicted octanol–water partition coefficient (Wildman–Crippen LogP) is 7.35. The first-order chi connectivity index (χ1) is 14.2. The highest BCUT2D eigenvalue weighted by Crippen LogP contribution is 2.66. The number of ketones is 1. The minimum absolute atomic E-state index is 0.156. The third-order valence-corrected chi connectivity index (χ3v) is 10.0. The average Bonchev–Trinajstić information content (AvgIpc) is 3.05. The van der Waals surface area contributed by atoms with Crippen LogP contribution >= 0.6 is 0 Å². The van der Waals surface area contributed by atoms with E-state index in [1.165, 1.54) is 50.5 Å². The maximum atomic E-state index is 13.5. The van der Waals surface area contributed by atoms with Crippen molar-refractivity contribution in [3.8, 4) is 0 Å². The smallest absolute Gasteiger partial charge is 0.159 e. The molecule has 4 aliphatic carbocycles. The zero-order chi connectivity index (χ0) is 21.7. The van der Waals surface area contributed by atoms with Gasteiger partial charge in [0.1, 0.15) is 0 Å². The van der Waals surface area contributed by atoms with Gasteiger partial charge in [0, 0.05) is 12.3 Å². The van der Waals surface area contributed by atoms with E-state index in [-0.39, 0.29) is 11.3 Å². The van der Waals surface area contributed by atoms with E-state index in [1.54, 1.807) is 7.11 Å². The van der Waals surface area contributed by atoms with Crippen LogP contribution < -0.4 is 0 Å². The average molecular weight is 413 g/mol. The Morgan fingerprint density at radius 3 is 2.50 bits per heavy atom. The molecule has 30 heavy (non-hydrogen) atoms. The number of hydrogen-bond donors (Lipinski definition) is 0.